The zero-order valence-electron chi connectivity index (χ0n) is 23.5. The van der Waals surface area contributed by atoms with Crippen LogP contribution in [0.5, 0.6) is 5.75 Å². The van der Waals surface area contributed by atoms with Crippen molar-refractivity contribution in [2.45, 2.75) is 50.5 Å². The smallest absolute Gasteiger partial charge is 0.318 e. The van der Waals surface area contributed by atoms with Gasteiger partial charge in [-0.25, -0.2) is 8.42 Å². The summed E-state index contributed by atoms with van der Waals surface area (Å²) in [4.78, 5) is 25.9. The molecule has 1 saturated heterocycles. The largest absolute Gasteiger partial charge is 0.480 e. The van der Waals surface area contributed by atoms with E-state index in [9.17, 15) is 23.1 Å². The molecule has 2 aromatic carbocycles. The highest BCUT2D eigenvalue weighted by Crippen LogP contribution is 2.25. The van der Waals surface area contributed by atoms with Crippen molar-refractivity contribution in [1.29, 1.82) is 5.41 Å². The van der Waals surface area contributed by atoms with Crippen molar-refractivity contribution >= 4 is 27.7 Å². The summed E-state index contributed by atoms with van der Waals surface area (Å²) >= 11 is 0. The van der Waals surface area contributed by atoms with E-state index in [1.165, 1.54) is 18.2 Å². The zero-order chi connectivity index (χ0) is 29.8. The molecule has 12 heteroatoms. The van der Waals surface area contributed by atoms with E-state index in [4.69, 9.17) is 20.6 Å². The minimum absolute atomic E-state index is 0.00727. The van der Waals surface area contributed by atoms with E-state index in [1.54, 1.807) is 0 Å². The van der Waals surface area contributed by atoms with Gasteiger partial charge in [-0.1, -0.05) is 37.6 Å². The number of carbonyl (C=O) groups is 2. The lowest BCUT2D eigenvalue weighted by molar-refractivity contribution is -0.137. The number of morpholine rings is 1. The highest BCUT2D eigenvalue weighted by molar-refractivity contribution is 7.89. The third kappa shape index (κ3) is 9.72. The fourth-order valence-corrected chi connectivity index (χ4v) is 5.95. The molecule has 4 N–H and O–H groups in total. The number of carbonyl (C=O) groups excluding carboxylic acids is 1. The highest BCUT2D eigenvalue weighted by Gasteiger charge is 2.28. The van der Waals surface area contributed by atoms with E-state index in [1.807, 2.05) is 36.1 Å². The molecule has 0 amide bonds. The Labute approximate surface area is 241 Å². The minimum Gasteiger partial charge on any atom is -0.480 e. The number of hydrogen-bond donors (Lipinski definition) is 3. The van der Waals surface area contributed by atoms with Crippen LogP contribution in [0.4, 0.5) is 0 Å². The summed E-state index contributed by atoms with van der Waals surface area (Å²) in [5, 5.41) is 17.4. The predicted octanol–water partition coefficient (Wildman–Crippen LogP) is 2.65. The first-order chi connectivity index (χ1) is 19.6. The van der Waals surface area contributed by atoms with Gasteiger partial charge < -0.3 is 25.7 Å². The van der Waals surface area contributed by atoms with Crippen molar-refractivity contribution in [3.63, 3.8) is 0 Å². The average Bonchev–Trinajstić information content (AvgIpc) is 2.96. The van der Waals surface area contributed by atoms with Crippen LogP contribution in [-0.4, -0.2) is 86.3 Å². The van der Waals surface area contributed by atoms with Gasteiger partial charge in [0.15, 0.2) is 0 Å². The molecule has 1 aliphatic rings. The Morgan fingerprint density at radius 1 is 1.12 bits per heavy atom. The Morgan fingerprint density at radius 3 is 2.46 bits per heavy atom. The lowest BCUT2D eigenvalue weighted by atomic mass is 10.0. The number of rotatable bonds is 16. The molecular formula is C29H40N4O7S. The number of nitrogens with one attached hydrogen (secondary N) is 1. The number of ether oxygens (including phenoxy) is 2. The number of esters is 1. The minimum atomic E-state index is -4.15. The predicted molar refractivity (Wildman–Crippen MR) is 155 cm³/mol. The molecule has 1 heterocycles. The van der Waals surface area contributed by atoms with E-state index in [0.717, 1.165) is 28.3 Å². The average molecular weight is 589 g/mol. The number of benzene rings is 2. The molecule has 11 nitrogen and oxygen atoms in total. The number of aliphatic carboxylic acids is 1. The lowest BCUT2D eigenvalue weighted by Crippen LogP contribution is -2.44. The van der Waals surface area contributed by atoms with Crippen LogP contribution < -0.4 is 10.5 Å². The molecule has 2 aromatic rings. The first kappa shape index (κ1) is 32.4. The summed E-state index contributed by atoms with van der Waals surface area (Å²) in [6.07, 6.45) is 3.04. The van der Waals surface area contributed by atoms with Gasteiger partial charge in [0.2, 0.25) is 10.0 Å². The van der Waals surface area contributed by atoms with Crippen molar-refractivity contribution in [1.82, 2.24) is 9.21 Å². The highest BCUT2D eigenvalue weighted by atomic mass is 32.2. The fraction of sp³-hybridized carbons (Fsp3) is 0.483. The molecule has 0 atom stereocenters. The molecule has 1 fully saturated rings. The Bertz CT molecular complexity index is 1290. The Kier molecular flexibility index (Phi) is 12.4. The third-order valence-corrected chi connectivity index (χ3v) is 8.68. The van der Waals surface area contributed by atoms with Gasteiger partial charge in [-0.05, 0) is 48.6 Å². The number of carboxylic acids is 1. The molecule has 0 bridgehead atoms. The van der Waals surface area contributed by atoms with Crippen LogP contribution in [0.1, 0.15) is 49.3 Å². The van der Waals surface area contributed by atoms with Crippen LogP contribution in [-0.2, 0) is 37.3 Å². The molecule has 0 aliphatic carbocycles. The third-order valence-electron chi connectivity index (χ3n) is 6.84. The summed E-state index contributed by atoms with van der Waals surface area (Å²) in [6.45, 7) is 4.07. The van der Waals surface area contributed by atoms with E-state index in [-0.39, 0.29) is 30.2 Å². The second-order valence-corrected chi connectivity index (χ2v) is 11.9. The molecule has 0 saturated carbocycles. The van der Waals surface area contributed by atoms with Crippen LogP contribution >= 0.6 is 0 Å². The maximum absolute atomic E-state index is 13.4. The molecular weight excluding hydrogens is 548 g/mol. The monoisotopic (exact) mass is 588 g/mol. The number of sulfonamides is 1. The summed E-state index contributed by atoms with van der Waals surface area (Å²) in [6, 6.07) is 11.8. The van der Waals surface area contributed by atoms with Crippen molar-refractivity contribution in [3.05, 3.63) is 59.2 Å². The van der Waals surface area contributed by atoms with Gasteiger partial charge in [-0.3, -0.25) is 14.5 Å². The quantitative estimate of drug-likeness (QED) is 0.152. The van der Waals surface area contributed by atoms with Crippen molar-refractivity contribution in [2.24, 2.45) is 5.73 Å². The molecule has 0 spiro atoms. The van der Waals surface area contributed by atoms with Gasteiger partial charge in [0.1, 0.15) is 12.3 Å². The Balaban J connectivity index is 1.60. The summed E-state index contributed by atoms with van der Waals surface area (Å²) in [5.74, 6) is -1.55. The summed E-state index contributed by atoms with van der Waals surface area (Å²) in [7, 11) is -4.15. The normalized spacial score (nSPS) is 14.2. The standard InChI is InChI=1S/C29H40N4O7S/c1-2-4-26(31)23-9-7-22(8-10-23)5-3-6-29(36)40-27-12-11-25(19-24(27)20-30)41(37,38)33(21-28(34)35)14-13-32-15-17-39-18-16-32/h7-12,19,31H,2-6,13-18,20-21,30H2,1H3,(H,34,35). The van der Waals surface area contributed by atoms with Crippen LogP contribution in [0.15, 0.2) is 47.4 Å². The number of carboxylic acid groups (broad SMARTS) is 1. The maximum atomic E-state index is 13.4. The maximum Gasteiger partial charge on any atom is 0.318 e. The first-order valence-corrected chi connectivity index (χ1v) is 15.3. The molecule has 224 valence electrons. The van der Waals surface area contributed by atoms with Gasteiger partial charge in [-0.15, -0.1) is 0 Å². The molecule has 41 heavy (non-hydrogen) atoms. The summed E-state index contributed by atoms with van der Waals surface area (Å²) in [5.41, 5.74) is 8.75. The van der Waals surface area contributed by atoms with E-state index < -0.39 is 28.5 Å². The second-order valence-electron chi connectivity index (χ2n) is 9.91. The number of nitrogens with zero attached hydrogens (tertiary/aromatic N) is 2. The van der Waals surface area contributed by atoms with Gasteiger partial charge in [0.05, 0.1) is 18.1 Å². The van der Waals surface area contributed by atoms with Crippen LogP contribution in [0, 0.1) is 5.41 Å². The van der Waals surface area contributed by atoms with E-state index in [2.05, 4.69) is 0 Å². The van der Waals surface area contributed by atoms with Crippen LogP contribution in [0.25, 0.3) is 0 Å². The topological polar surface area (TPSA) is 163 Å². The number of aryl methyl sites for hydroxylation is 1. The first-order valence-electron chi connectivity index (χ1n) is 13.9. The Morgan fingerprint density at radius 2 is 1.83 bits per heavy atom. The molecule has 0 radical (unpaired) electrons. The van der Waals surface area contributed by atoms with E-state index >= 15 is 0 Å². The van der Waals surface area contributed by atoms with Gasteiger partial charge in [0, 0.05) is 50.4 Å². The SMILES string of the molecule is CCCC(=N)c1ccc(CCCC(=O)Oc2ccc(S(=O)(=O)N(CCN3CCOCC3)CC(=O)O)cc2CN)cc1. The van der Waals surface area contributed by atoms with Crippen molar-refractivity contribution < 1.29 is 32.6 Å². The Hall–Kier alpha value is -3.16. The van der Waals surface area contributed by atoms with Crippen molar-refractivity contribution in [2.75, 3.05) is 45.9 Å². The molecule has 3 rings (SSSR count). The zero-order valence-corrected chi connectivity index (χ0v) is 24.3. The lowest BCUT2D eigenvalue weighted by Gasteiger charge is -2.29. The number of hydrogen-bond acceptors (Lipinski definition) is 9. The van der Waals surface area contributed by atoms with Gasteiger partial charge >= 0.3 is 11.9 Å². The summed E-state index contributed by atoms with van der Waals surface area (Å²) < 4.78 is 38.5. The van der Waals surface area contributed by atoms with Crippen LogP contribution in [0.2, 0.25) is 0 Å². The number of nitrogens with two attached hydrogens (primary N) is 1. The second kappa shape index (κ2) is 15.7. The molecule has 1 aliphatic heterocycles. The van der Waals surface area contributed by atoms with Gasteiger partial charge in [0.25, 0.3) is 0 Å². The van der Waals surface area contributed by atoms with Gasteiger partial charge in [-0.2, -0.15) is 4.31 Å². The van der Waals surface area contributed by atoms with E-state index in [0.29, 0.717) is 57.0 Å². The van der Waals surface area contributed by atoms with Crippen LogP contribution in [0.3, 0.4) is 0 Å². The fourth-order valence-electron chi connectivity index (χ4n) is 4.51. The molecule has 0 aromatic heterocycles. The molecule has 0 unspecified atom stereocenters. The van der Waals surface area contributed by atoms with Crippen molar-refractivity contribution in [3.8, 4) is 5.75 Å².